The molecule has 0 amide bonds. The lowest BCUT2D eigenvalue weighted by Crippen LogP contribution is -2.07. The van der Waals surface area contributed by atoms with Gasteiger partial charge in [-0.25, -0.2) is 0 Å². The van der Waals surface area contributed by atoms with Gasteiger partial charge in [-0.3, -0.25) is 0 Å². The van der Waals surface area contributed by atoms with E-state index in [4.69, 9.17) is 14.2 Å². The van der Waals surface area contributed by atoms with Crippen LogP contribution >= 0.6 is 0 Å². The van der Waals surface area contributed by atoms with Crippen LogP contribution in [0.5, 0.6) is 5.75 Å². The average Bonchev–Trinajstić information content (AvgIpc) is 2.33. The Morgan fingerprint density at radius 1 is 1.12 bits per heavy atom. The van der Waals surface area contributed by atoms with Crippen molar-refractivity contribution >= 4 is 0 Å². The van der Waals surface area contributed by atoms with Crippen LogP contribution in [0.4, 0.5) is 0 Å². The molecular formula is C13H20O3. The minimum absolute atomic E-state index is 0.363. The van der Waals surface area contributed by atoms with Gasteiger partial charge in [0.2, 0.25) is 0 Å². The van der Waals surface area contributed by atoms with Crippen molar-refractivity contribution in [1.82, 2.24) is 0 Å². The Bertz CT molecular complexity index is 295. The number of hydrogen-bond acceptors (Lipinski definition) is 3. The second-order valence-corrected chi connectivity index (χ2v) is 3.54. The van der Waals surface area contributed by atoms with Gasteiger partial charge in [0.1, 0.15) is 5.75 Å². The zero-order valence-corrected chi connectivity index (χ0v) is 10.2. The van der Waals surface area contributed by atoms with Gasteiger partial charge in [0.05, 0.1) is 6.61 Å². The SMILES string of the molecule is CCCCOc1ccccc1C(OC)OC. The molecule has 3 heteroatoms. The maximum Gasteiger partial charge on any atom is 0.186 e. The molecule has 3 nitrogen and oxygen atoms in total. The number of ether oxygens (including phenoxy) is 3. The van der Waals surface area contributed by atoms with Gasteiger partial charge in [-0.15, -0.1) is 0 Å². The summed E-state index contributed by atoms with van der Waals surface area (Å²) < 4.78 is 16.2. The number of para-hydroxylation sites is 1. The zero-order valence-electron chi connectivity index (χ0n) is 10.2. The summed E-state index contributed by atoms with van der Waals surface area (Å²) in [4.78, 5) is 0. The molecule has 0 aliphatic heterocycles. The molecule has 0 unspecified atom stereocenters. The molecule has 1 aromatic carbocycles. The Balaban J connectivity index is 2.74. The third-order valence-corrected chi connectivity index (χ3v) is 2.36. The first-order valence-corrected chi connectivity index (χ1v) is 5.60. The number of methoxy groups -OCH3 is 2. The zero-order chi connectivity index (χ0) is 11.8. The quantitative estimate of drug-likeness (QED) is 0.526. The fourth-order valence-corrected chi connectivity index (χ4v) is 1.48. The highest BCUT2D eigenvalue weighted by Crippen LogP contribution is 2.27. The van der Waals surface area contributed by atoms with E-state index in [1.54, 1.807) is 14.2 Å². The molecule has 1 rings (SSSR count). The van der Waals surface area contributed by atoms with Gasteiger partial charge in [0.15, 0.2) is 6.29 Å². The molecule has 0 aliphatic carbocycles. The molecule has 0 saturated heterocycles. The Morgan fingerprint density at radius 3 is 2.44 bits per heavy atom. The number of benzene rings is 1. The number of unbranched alkanes of at least 4 members (excludes halogenated alkanes) is 1. The highest BCUT2D eigenvalue weighted by Gasteiger charge is 2.13. The fraction of sp³-hybridized carbons (Fsp3) is 0.538. The van der Waals surface area contributed by atoms with Gasteiger partial charge in [-0.05, 0) is 12.5 Å². The molecule has 0 aromatic heterocycles. The average molecular weight is 224 g/mol. The predicted octanol–water partition coefficient (Wildman–Crippen LogP) is 3.16. The molecule has 90 valence electrons. The molecule has 0 spiro atoms. The lowest BCUT2D eigenvalue weighted by Gasteiger charge is -2.17. The van der Waals surface area contributed by atoms with Gasteiger partial charge in [0, 0.05) is 19.8 Å². The summed E-state index contributed by atoms with van der Waals surface area (Å²) in [6.07, 6.45) is 1.82. The number of rotatable bonds is 7. The second-order valence-electron chi connectivity index (χ2n) is 3.54. The van der Waals surface area contributed by atoms with E-state index in [1.807, 2.05) is 24.3 Å². The highest BCUT2D eigenvalue weighted by molar-refractivity contribution is 5.34. The molecule has 0 radical (unpaired) electrons. The van der Waals surface area contributed by atoms with Crippen LogP contribution in [-0.2, 0) is 9.47 Å². The third kappa shape index (κ3) is 3.51. The van der Waals surface area contributed by atoms with E-state index in [-0.39, 0.29) is 6.29 Å². The third-order valence-electron chi connectivity index (χ3n) is 2.36. The first-order valence-electron chi connectivity index (χ1n) is 5.60. The summed E-state index contributed by atoms with van der Waals surface area (Å²) in [6.45, 7) is 2.87. The number of hydrogen-bond donors (Lipinski definition) is 0. The predicted molar refractivity (Wildman–Crippen MR) is 63.6 cm³/mol. The van der Waals surface area contributed by atoms with Crippen molar-refractivity contribution in [3.63, 3.8) is 0 Å². The molecule has 0 saturated carbocycles. The van der Waals surface area contributed by atoms with Crippen LogP contribution in [0.3, 0.4) is 0 Å². The standard InChI is InChI=1S/C13H20O3/c1-4-5-10-16-12-9-7-6-8-11(12)13(14-2)15-3/h6-9,13H,4-5,10H2,1-3H3. The maximum atomic E-state index is 5.70. The monoisotopic (exact) mass is 224 g/mol. The van der Waals surface area contributed by atoms with Crippen molar-refractivity contribution in [3.8, 4) is 5.75 Å². The summed E-state index contributed by atoms with van der Waals surface area (Å²) in [5, 5.41) is 0. The Morgan fingerprint density at radius 2 is 1.81 bits per heavy atom. The molecule has 0 N–H and O–H groups in total. The Labute approximate surface area is 97.3 Å². The lowest BCUT2D eigenvalue weighted by molar-refractivity contribution is -0.107. The van der Waals surface area contributed by atoms with Crippen LogP contribution in [0.2, 0.25) is 0 Å². The van der Waals surface area contributed by atoms with Crippen molar-refractivity contribution < 1.29 is 14.2 Å². The topological polar surface area (TPSA) is 27.7 Å². The summed E-state index contributed by atoms with van der Waals surface area (Å²) >= 11 is 0. The molecule has 0 aliphatic rings. The Hall–Kier alpha value is -1.06. The molecular weight excluding hydrogens is 204 g/mol. The van der Waals surface area contributed by atoms with Crippen LogP contribution in [0.15, 0.2) is 24.3 Å². The van der Waals surface area contributed by atoms with E-state index in [0.29, 0.717) is 0 Å². The molecule has 16 heavy (non-hydrogen) atoms. The van der Waals surface area contributed by atoms with E-state index in [0.717, 1.165) is 30.8 Å². The second kappa shape index (κ2) is 7.25. The van der Waals surface area contributed by atoms with Crippen molar-refractivity contribution in [3.05, 3.63) is 29.8 Å². The van der Waals surface area contributed by atoms with Gasteiger partial charge >= 0.3 is 0 Å². The van der Waals surface area contributed by atoms with Gasteiger partial charge in [0.25, 0.3) is 0 Å². The van der Waals surface area contributed by atoms with Gasteiger partial charge in [-0.2, -0.15) is 0 Å². The smallest absolute Gasteiger partial charge is 0.186 e. The van der Waals surface area contributed by atoms with E-state index in [1.165, 1.54) is 0 Å². The summed E-state index contributed by atoms with van der Waals surface area (Å²) in [6, 6.07) is 7.80. The van der Waals surface area contributed by atoms with Gasteiger partial charge in [-0.1, -0.05) is 31.5 Å². The van der Waals surface area contributed by atoms with Crippen LogP contribution in [0, 0.1) is 0 Å². The molecule has 0 bridgehead atoms. The van der Waals surface area contributed by atoms with Crippen molar-refractivity contribution in [1.29, 1.82) is 0 Å². The van der Waals surface area contributed by atoms with E-state index in [9.17, 15) is 0 Å². The minimum atomic E-state index is -0.363. The van der Waals surface area contributed by atoms with Crippen molar-refractivity contribution in [2.24, 2.45) is 0 Å². The summed E-state index contributed by atoms with van der Waals surface area (Å²) in [5.74, 6) is 0.838. The summed E-state index contributed by atoms with van der Waals surface area (Å²) in [5.41, 5.74) is 0.934. The largest absolute Gasteiger partial charge is 0.493 e. The molecule has 0 heterocycles. The summed E-state index contributed by atoms with van der Waals surface area (Å²) in [7, 11) is 3.24. The van der Waals surface area contributed by atoms with Crippen molar-refractivity contribution in [2.75, 3.05) is 20.8 Å². The van der Waals surface area contributed by atoms with Crippen LogP contribution < -0.4 is 4.74 Å². The lowest BCUT2D eigenvalue weighted by atomic mass is 10.2. The normalized spacial score (nSPS) is 10.8. The van der Waals surface area contributed by atoms with E-state index in [2.05, 4.69) is 6.92 Å². The molecule has 1 aromatic rings. The van der Waals surface area contributed by atoms with Gasteiger partial charge < -0.3 is 14.2 Å². The van der Waals surface area contributed by atoms with Crippen LogP contribution in [0.1, 0.15) is 31.6 Å². The highest BCUT2D eigenvalue weighted by atomic mass is 16.7. The minimum Gasteiger partial charge on any atom is -0.493 e. The first-order chi connectivity index (χ1) is 7.83. The maximum absolute atomic E-state index is 5.70. The van der Waals surface area contributed by atoms with Crippen LogP contribution in [0.25, 0.3) is 0 Å². The van der Waals surface area contributed by atoms with Crippen LogP contribution in [-0.4, -0.2) is 20.8 Å². The molecule has 0 atom stereocenters. The Kier molecular flexibility index (Phi) is 5.90. The first kappa shape index (κ1) is 13.0. The fourth-order valence-electron chi connectivity index (χ4n) is 1.48. The van der Waals surface area contributed by atoms with E-state index < -0.39 is 0 Å². The molecule has 0 fully saturated rings. The van der Waals surface area contributed by atoms with E-state index >= 15 is 0 Å². The van der Waals surface area contributed by atoms with Crippen molar-refractivity contribution in [2.45, 2.75) is 26.1 Å².